The topological polar surface area (TPSA) is 29.1 Å². The first-order valence-corrected chi connectivity index (χ1v) is 5.96. The molecule has 2 aromatic rings. The van der Waals surface area contributed by atoms with Gasteiger partial charge < -0.3 is 5.32 Å². The highest BCUT2D eigenvalue weighted by molar-refractivity contribution is 7.14. The number of thiophene rings is 1. The van der Waals surface area contributed by atoms with Gasteiger partial charge in [0.05, 0.1) is 11.4 Å². The van der Waals surface area contributed by atoms with Crippen molar-refractivity contribution in [3.8, 4) is 0 Å². The zero-order chi connectivity index (χ0) is 11.4. The van der Waals surface area contributed by atoms with Gasteiger partial charge >= 0.3 is 0 Å². The maximum absolute atomic E-state index is 11.8. The Bertz CT molecular complexity index is 476. The van der Waals surface area contributed by atoms with E-state index in [0.717, 1.165) is 10.6 Å². The molecule has 2 rings (SSSR count). The summed E-state index contributed by atoms with van der Waals surface area (Å²) >= 11 is 1.54. The molecule has 0 aliphatic rings. The molecule has 1 heterocycles. The van der Waals surface area contributed by atoms with Crippen LogP contribution in [0.5, 0.6) is 0 Å². The summed E-state index contributed by atoms with van der Waals surface area (Å²) in [4.78, 5) is 13.8. The number of para-hydroxylation sites is 1. The number of hydrogen-bond donors (Lipinski definition) is 1. The van der Waals surface area contributed by atoms with Gasteiger partial charge in [0.25, 0.3) is 0 Å². The van der Waals surface area contributed by atoms with Crippen molar-refractivity contribution in [3.05, 3.63) is 52.2 Å². The fourth-order valence-electron chi connectivity index (χ4n) is 1.41. The van der Waals surface area contributed by atoms with Gasteiger partial charge in [-0.1, -0.05) is 18.2 Å². The predicted molar refractivity (Wildman–Crippen MR) is 68.3 cm³/mol. The highest BCUT2D eigenvalue weighted by Crippen LogP contribution is 2.15. The lowest BCUT2D eigenvalue weighted by atomic mass is 10.3. The van der Waals surface area contributed by atoms with Crippen molar-refractivity contribution < 1.29 is 4.79 Å². The third kappa shape index (κ3) is 2.70. The quantitative estimate of drug-likeness (QED) is 0.817. The van der Waals surface area contributed by atoms with Crippen molar-refractivity contribution in [3.63, 3.8) is 0 Å². The summed E-state index contributed by atoms with van der Waals surface area (Å²) in [5, 5.41) is 3.11. The van der Waals surface area contributed by atoms with E-state index in [4.69, 9.17) is 0 Å². The Morgan fingerprint density at radius 2 is 1.94 bits per heavy atom. The van der Waals surface area contributed by atoms with Gasteiger partial charge in [0.1, 0.15) is 0 Å². The van der Waals surface area contributed by atoms with Crippen LogP contribution in [0, 0.1) is 6.92 Å². The second-order valence-electron chi connectivity index (χ2n) is 3.55. The first-order chi connectivity index (χ1) is 7.75. The molecule has 0 aliphatic carbocycles. The minimum Gasteiger partial charge on any atom is -0.378 e. The van der Waals surface area contributed by atoms with Gasteiger partial charge in [-0.3, -0.25) is 4.79 Å². The molecule has 1 aromatic carbocycles. The van der Waals surface area contributed by atoms with E-state index in [2.05, 4.69) is 5.32 Å². The number of hydrogen-bond acceptors (Lipinski definition) is 3. The molecule has 0 saturated carbocycles. The lowest BCUT2D eigenvalue weighted by Gasteiger charge is -2.03. The zero-order valence-corrected chi connectivity index (χ0v) is 9.88. The molecule has 0 aliphatic heterocycles. The normalized spacial score (nSPS) is 10.1. The average Bonchev–Trinajstić information content (AvgIpc) is 2.74. The molecule has 0 saturated heterocycles. The number of Topliss-reactive ketones (excluding diaryl/α,β-unsaturated/α-hetero) is 1. The second-order valence-corrected chi connectivity index (χ2v) is 4.84. The van der Waals surface area contributed by atoms with Crippen LogP contribution in [0.3, 0.4) is 0 Å². The molecule has 0 unspecified atom stereocenters. The molecular formula is C13H13NOS. The zero-order valence-electron chi connectivity index (χ0n) is 9.07. The Labute approximate surface area is 98.9 Å². The summed E-state index contributed by atoms with van der Waals surface area (Å²) in [7, 11) is 0. The van der Waals surface area contributed by atoms with E-state index in [1.165, 1.54) is 4.88 Å². The highest BCUT2D eigenvalue weighted by atomic mass is 32.1. The second kappa shape index (κ2) is 4.94. The number of carbonyl (C=O) groups excluding carboxylic acids is 1. The molecule has 1 aromatic heterocycles. The fourth-order valence-corrected chi connectivity index (χ4v) is 2.21. The monoisotopic (exact) mass is 231 g/mol. The summed E-state index contributed by atoms with van der Waals surface area (Å²) in [5.74, 6) is 0.141. The molecule has 0 spiro atoms. The van der Waals surface area contributed by atoms with Crippen LogP contribution in [0.1, 0.15) is 14.5 Å². The lowest BCUT2D eigenvalue weighted by molar-refractivity contribution is 0.101. The molecule has 0 atom stereocenters. The average molecular weight is 231 g/mol. The first-order valence-electron chi connectivity index (χ1n) is 5.14. The minimum atomic E-state index is 0.141. The van der Waals surface area contributed by atoms with Crippen molar-refractivity contribution in [1.82, 2.24) is 0 Å². The van der Waals surface area contributed by atoms with E-state index >= 15 is 0 Å². The number of nitrogens with one attached hydrogen (secondary N) is 1. The Hall–Kier alpha value is -1.61. The SMILES string of the molecule is Cc1ccc(C(=O)CNc2ccccc2)s1. The summed E-state index contributed by atoms with van der Waals surface area (Å²) < 4.78 is 0. The van der Waals surface area contributed by atoms with Gasteiger partial charge in [-0.2, -0.15) is 0 Å². The number of aryl methyl sites for hydroxylation is 1. The van der Waals surface area contributed by atoms with E-state index in [1.807, 2.05) is 49.4 Å². The van der Waals surface area contributed by atoms with E-state index in [0.29, 0.717) is 6.54 Å². The van der Waals surface area contributed by atoms with Crippen molar-refractivity contribution in [2.45, 2.75) is 6.92 Å². The van der Waals surface area contributed by atoms with E-state index < -0.39 is 0 Å². The van der Waals surface area contributed by atoms with Gasteiger partial charge in [-0.05, 0) is 31.2 Å². The molecule has 16 heavy (non-hydrogen) atoms. The van der Waals surface area contributed by atoms with Crippen LogP contribution in [0.25, 0.3) is 0 Å². The maximum atomic E-state index is 11.8. The van der Waals surface area contributed by atoms with Crippen LogP contribution >= 0.6 is 11.3 Å². The maximum Gasteiger partial charge on any atom is 0.191 e. The van der Waals surface area contributed by atoms with Gasteiger partial charge in [0, 0.05) is 10.6 Å². The third-order valence-corrected chi connectivity index (χ3v) is 3.28. The van der Waals surface area contributed by atoms with Crippen LogP contribution in [0.15, 0.2) is 42.5 Å². The molecule has 82 valence electrons. The van der Waals surface area contributed by atoms with Crippen LogP contribution in [0.4, 0.5) is 5.69 Å². The Morgan fingerprint density at radius 1 is 1.19 bits per heavy atom. The Morgan fingerprint density at radius 3 is 2.56 bits per heavy atom. The number of ketones is 1. The molecule has 0 amide bonds. The number of benzene rings is 1. The number of rotatable bonds is 4. The van der Waals surface area contributed by atoms with Crippen LogP contribution < -0.4 is 5.32 Å². The summed E-state index contributed by atoms with van der Waals surface area (Å²) in [6, 6.07) is 13.6. The Balaban J connectivity index is 1.94. The van der Waals surface area contributed by atoms with E-state index in [-0.39, 0.29) is 5.78 Å². The minimum absolute atomic E-state index is 0.141. The summed E-state index contributed by atoms with van der Waals surface area (Å²) in [5.41, 5.74) is 0.976. The molecule has 0 fully saturated rings. The van der Waals surface area contributed by atoms with Gasteiger partial charge in [0.2, 0.25) is 0 Å². The van der Waals surface area contributed by atoms with Crippen molar-refractivity contribution in [1.29, 1.82) is 0 Å². The van der Waals surface area contributed by atoms with Gasteiger partial charge in [-0.15, -0.1) is 11.3 Å². The summed E-state index contributed by atoms with van der Waals surface area (Å²) in [6.45, 7) is 2.36. The van der Waals surface area contributed by atoms with Gasteiger partial charge in [-0.25, -0.2) is 0 Å². The van der Waals surface area contributed by atoms with Crippen LogP contribution in [-0.4, -0.2) is 12.3 Å². The highest BCUT2D eigenvalue weighted by Gasteiger charge is 2.07. The first kappa shape index (κ1) is 10.9. The van der Waals surface area contributed by atoms with Crippen LogP contribution in [-0.2, 0) is 0 Å². The molecule has 3 heteroatoms. The third-order valence-electron chi connectivity index (χ3n) is 2.24. The largest absolute Gasteiger partial charge is 0.378 e. The van der Waals surface area contributed by atoms with E-state index in [1.54, 1.807) is 11.3 Å². The molecular weight excluding hydrogens is 218 g/mol. The Kier molecular flexibility index (Phi) is 3.37. The standard InChI is InChI=1S/C13H13NOS/c1-10-7-8-13(16-10)12(15)9-14-11-5-3-2-4-6-11/h2-8,14H,9H2,1H3. The summed E-state index contributed by atoms with van der Waals surface area (Å²) in [6.07, 6.45) is 0. The van der Waals surface area contributed by atoms with Crippen LogP contribution in [0.2, 0.25) is 0 Å². The molecule has 2 nitrogen and oxygen atoms in total. The number of carbonyl (C=O) groups is 1. The lowest BCUT2D eigenvalue weighted by Crippen LogP contribution is -2.12. The van der Waals surface area contributed by atoms with Crippen molar-refractivity contribution in [2.24, 2.45) is 0 Å². The fraction of sp³-hybridized carbons (Fsp3) is 0.154. The molecule has 0 radical (unpaired) electrons. The van der Waals surface area contributed by atoms with Crippen molar-refractivity contribution >= 4 is 22.8 Å². The van der Waals surface area contributed by atoms with Gasteiger partial charge in [0.15, 0.2) is 5.78 Å². The van der Waals surface area contributed by atoms with Crippen molar-refractivity contribution in [2.75, 3.05) is 11.9 Å². The molecule has 0 bridgehead atoms. The molecule has 1 N–H and O–H groups in total. The predicted octanol–water partition coefficient (Wildman–Crippen LogP) is 3.35. The van der Waals surface area contributed by atoms with E-state index in [9.17, 15) is 4.79 Å². The smallest absolute Gasteiger partial charge is 0.191 e. The number of anilines is 1.